The third-order valence-electron chi connectivity index (χ3n) is 3.58. The molecule has 0 amide bonds. The van der Waals surface area contributed by atoms with Crippen LogP contribution in [0.3, 0.4) is 0 Å². The van der Waals surface area contributed by atoms with Crippen LogP contribution in [0.25, 0.3) is 0 Å². The molecule has 2 fully saturated rings. The van der Waals surface area contributed by atoms with E-state index in [4.69, 9.17) is 4.74 Å². The summed E-state index contributed by atoms with van der Waals surface area (Å²) in [6, 6.07) is 0. The number of halogens is 3. The molecular weight excluding hydrogens is 207 g/mol. The Morgan fingerprint density at radius 3 is 2.40 bits per heavy atom. The molecule has 2 heterocycles. The molecule has 2 aliphatic heterocycles. The zero-order valence-corrected chi connectivity index (χ0v) is 8.97. The van der Waals surface area contributed by atoms with Crippen LogP contribution >= 0.6 is 0 Å². The quantitative estimate of drug-likeness (QED) is 0.666. The number of nitrogens with zero attached hydrogens (tertiary/aromatic N) is 1. The topological polar surface area (TPSA) is 15.8 Å². The van der Waals surface area contributed by atoms with Gasteiger partial charge in [-0.1, -0.05) is 0 Å². The first-order chi connectivity index (χ1) is 6.82. The van der Waals surface area contributed by atoms with Gasteiger partial charge in [-0.25, -0.2) is 0 Å². The van der Waals surface area contributed by atoms with Crippen molar-refractivity contribution in [3.63, 3.8) is 0 Å². The molecule has 2 nitrogen and oxygen atoms in total. The van der Waals surface area contributed by atoms with Crippen molar-refractivity contribution in [2.45, 2.75) is 38.1 Å². The minimum absolute atomic E-state index is 0.163. The van der Waals surface area contributed by atoms with Gasteiger partial charge in [-0.05, 0) is 26.8 Å². The Bertz CT molecular complexity index is 248. The summed E-state index contributed by atoms with van der Waals surface area (Å²) in [7, 11) is 0. The number of ether oxygens (including phenoxy) is 1. The maximum atomic E-state index is 12.7. The second kappa shape index (κ2) is 3.35. The molecule has 0 N–H and O–H groups in total. The number of alkyl halides is 3. The van der Waals surface area contributed by atoms with E-state index in [1.54, 1.807) is 13.8 Å². The summed E-state index contributed by atoms with van der Waals surface area (Å²) in [4.78, 5) is 1.91. The average Bonchev–Trinajstić information content (AvgIpc) is 2.77. The molecule has 0 aromatic heterocycles. The van der Waals surface area contributed by atoms with E-state index >= 15 is 0 Å². The first kappa shape index (κ1) is 11.2. The maximum absolute atomic E-state index is 12.7. The molecule has 1 unspecified atom stereocenters. The highest BCUT2D eigenvalue weighted by atomic mass is 19.4. The van der Waals surface area contributed by atoms with Crippen LogP contribution in [0.5, 0.6) is 0 Å². The Balaban J connectivity index is 2.05. The zero-order valence-electron chi connectivity index (χ0n) is 8.97. The number of hydrogen-bond acceptors (Lipinski definition) is 2. The van der Waals surface area contributed by atoms with Gasteiger partial charge >= 0.3 is 6.18 Å². The molecule has 0 spiro atoms. The highest BCUT2D eigenvalue weighted by molar-refractivity contribution is 4.99. The molecule has 2 rings (SSSR count). The fourth-order valence-electron chi connectivity index (χ4n) is 2.46. The van der Waals surface area contributed by atoms with E-state index in [2.05, 4.69) is 0 Å². The Labute approximate surface area is 87.4 Å². The normalized spacial score (nSPS) is 35.8. The van der Waals surface area contributed by atoms with Gasteiger partial charge in [0.05, 0.1) is 18.6 Å². The first-order valence-corrected chi connectivity index (χ1v) is 5.25. The van der Waals surface area contributed by atoms with Crippen molar-refractivity contribution in [2.24, 2.45) is 5.92 Å². The summed E-state index contributed by atoms with van der Waals surface area (Å²) in [5.41, 5.74) is -0.787. The van der Waals surface area contributed by atoms with Crippen molar-refractivity contribution in [1.29, 1.82) is 0 Å². The highest BCUT2D eigenvalue weighted by Crippen LogP contribution is 2.44. The predicted molar refractivity (Wildman–Crippen MR) is 49.6 cm³/mol. The van der Waals surface area contributed by atoms with Crippen LogP contribution in [-0.4, -0.2) is 42.4 Å². The minimum Gasteiger partial charge on any atom is -0.372 e. The Hall–Kier alpha value is -0.290. The van der Waals surface area contributed by atoms with Crippen molar-refractivity contribution < 1.29 is 17.9 Å². The highest BCUT2D eigenvalue weighted by Gasteiger charge is 2.55. The Morgan fingerprint density at radius 1 is 1.40 bits per heavy atom. The smallest absolute Gasteiger partial charge is 0.372 e. The molecule has 0 radical (unpaired) electrons. The van der Waals surface area contributed by atoms with Crippen molar-refractivity contribution in [3.8, 4) is 0 Å². The largest absolute Gasteiger partial charge is 0.393 e. The van der Waals surface area contributed by atoms with Gasteiger partial charge in [-0.15, -0.1) is 0 Å². The van der Waals surface area contributed by atoms with E-state index in [-0.39, 0.29) is 12.5 Å². The van der Waals surface area contributed by atoms with Gasteiger partial charge in [0.2, 0.25) is 0 Å². The summed E-state index contributed by atoms with van der Waals surface area (Å²) in [5, 5.41) is 0. The number of epoxide rings is 1. The Morgan fingerprint density at radius 2 is 2.00 bits per heavy atom. The zero-order chi connectivity index (χ0) is 11.3. The number of rotatable bonds is 2. The molecule has 5 heteroatoms. The molecule has 2 aliphatic rings. The van der Waals surface area contributed by atoms with E-state index in [1.165, 1.54) is 0 Å². The minimum atomic E-state index is -4.08. The van der Waals surface area contributed by atoms with Crippen LogP contribution in [0.1, 0.15) is 20.3 Å². The van der Waals surface area contributed by atoms with Crippen molar-refractivity contribution in [3.05, 3.63) is 0 Å². The summed E-state index contributed by atoms with van der Waals surface area (Å²) in [6.07, 6.45) is -3.71. The fourth-order valence-corrected chi connectivity index (χ4v) is 2.46. The molecule has 0 bridgehead atoms. The standard InChI is InChI=1S/C10H16F3NO/c1-9(2)8(10(11,12)13)3-4-14(9)5-7-6-15-7/h7-8H,3-6H2,1-2H3/t7-,8?/m0/s1. The van der Waals surface area contributed by atoms with Crippen LogP contribution in [0.4, 0.5) is 13.2 Å². The van der Waals surface area contributed by atoms with Crippen LogP contribution in [-0.2, 0) is 4.74 Å². The first-order valence-electron chi connectivity index (χ1n) is 5.25. The van der Waals surface area contributed by atoms with E-state index in [1.807, 2.05) is 4.90 Å². The molecule has 0 saturated carbocycles. The van der Waals surface area contributed by atoms with Gasteiger partial charge in [0, 0.05) is 12.1 Å². The van der Waals surface area contributed by atoms with Gasteiger partial charge in [0.15, 0.2) is 0 Å². The van der Waals surface area contributed by atoms with Gasteiger partial charge < -0.3 is 4.74 Å². The van der Waals surface area contributed by atoms with Gasteiger partial charge in [0.1, 0.15) is 0 Å². The van der Waals surface area contributed by atoms with Gasteiger partial charge in [0.25, 0.3) is 0 Å². The lowest BCUT2D eigenvalue weighted by Gasteiger charge is -2.36. The second-order valence-corrected chi connectivity index (χ2v) is 4.94. The lowest BCUT2D eigenvalue weighted by Crippen LogP contribution is -2.48. The predicted octanol–water partition coefficient (Wildman–Crippen LogP) is 2.05. The molecule has 2 atom stereocenters. The van der Waals surface area contributed by atoms with Crippen LogP contribution in [0.2, 0.25) is 0 Å². The fraction of sp³-hybridized carbons (Fsp3) is 1.00. The molecule has 88 valence electrons. The van der Waals surface area contributed by atoms with Crippen LogP contribution in [0, 0.1) is 5.92 Å². The lowest BCUT2D eigenvalue weighted by atomic mass is 9.88. The molecule has 15 heavy (non-hydrogen) atoms. The van der Waals surface area contributed by atoms with Crippen molar-refractivity contribution in [1.82, 2.24) is 4.90 Å². The van der Waals surface area contributed by atoms with E-state index < -0.39 is 17.6 Å². The summed E-state index contributed by atoms with van der Waals surface area (Å²) in [5.74, 6) is -1.20. The monoisotopic (exact) mass is 223 g/mol. The number of likely N-dealkylation sites (tertiary alicyclic amines) is 1. The summed E-state index contributed by atoms with van der Waals surface area (Å²) >= 11 is 0. The van der Waals surface area contributed by atoms with E-state index in [0.29, 0.717) is 19.7 Å². The van der Waals surface area contributed by atoms with Gasteiger partial charge in [-0.3, -0.25) is 4.90 Å². The van der Waals surface area contributed by atoms with Crippen molar-refractivity contribution in [2.75, 3.05) is 19.7 Å². The summed E-state index contributed by atoms with van der Waals surface area (Å²) in [6.45, 7) is 5.22. The van der Waals surface area contributed by atoms with Crippen LogP contribution < -0.4 is 0 Å². The second-order valence-electron chi connectivity index (χ2n) is 4.94. The summed E-state index contributed by atoms with van der Waals surface area (Å²) < 4.78 is 43.2. The maximum Gasteiger partial charge on any atom is 0.393 e. The molecule has 2 saturated heterocycles. The third kappa shape index (κ3) is 2.13. The lowest BCUT2D eigenvalue weighted by molar-refractivity contribution is -0.191. The molecular formula is C10H16F3NO. The van der Waals surface area contributed by atoms with Crippen molar-refractivity contribution >= 4 is 0 Å². The Kier molecular flexibility index (Phi) is 2.50. The number of hydrogen-bond donors (Lipinski definition) is 0. The van der Waals surface area contributed by atoms with E-state index in [0.717, 1.165) is 0 Å². The average molecular weight is 223 g/mol. The molecule has 0 aromatic carbocycles. The van der Waals surface area contributed by atoms with Gasteiger partial charge in [-0.2, -0.15) is 13.2 Å². The SMILES string of the molecule is CC1(C)C(C(F)(F)F)CCN1C[C@H]1CO1. The van der Waals surface area contributed by atoms with Crippen LogP contribution in [0.15, 0.2) is 0 Å². The molecule has 0 aromatic rings. The third-order valence-corrected chi connectivity index (χ3v) is 3.58. The van der Waals surface area contributed by atoms with E-state index in [9.17, 15) is 13.2 Å². The molecule has 0 aliphatic carbocycles.